The maximum absolute atomic E-state index is 13.2. The first-order valence-electron chi connectivity index (χ1n) is 7.99. The predicted molar refractivity (Wildman–Crippen MR) is 97.6 cm³/mol. The molecule has 1 unspecified atom stereocenters. The van der Waals surface area contributed by atoms with Gasteiger partial charge in [0.05, 0.1) is 24.4 Å². The molecule has 136 valence electrons. The van der Waals surface area contributed by atoms with E-state index in [4.69, 9.17) is 10.00 Å². The van der Waals surface area contributed by atoms with Crippen molar-refractivity contribution < 1.29 is 13.9 Å². The molecule has 2 amide bonds. The molecule has 7 heteroatoms. The fraction of sp³-hybridized carbons (Fsp3) is 0.263. The zero-order valence-electron chi connectivity index (χ0n) is 14.9. The molecule has 0 aromatic heterocycles. The highest BCUT2D eigenvalue weighted by atomic mass is 19.1. The average molecular weight is 356 g/mol. The van der Waals surface area contributed by atoms with Crippen molar-refractivity contribution in [1.29, 1.82) is 5.26 Å². The lowest BCUT2D eigenvalue weighted by molar-refractivity contribution is 0.243. The fourth-order valence-corrected chi connectivity index (χ4v) is 2.52. The van der Waals surface area contributed by atoms with E-state index < -0.39 is 11.8 Å². The van der Waals surface area contributed by atoms with Crippen LogP contribution in [0.4, 0.5) is 14.9 Å². The summed E-state index contributed by atoms with van der Waals surface area (Å²) in [5, 5.41) is 14.4. The van der Waals surface area contributed by atoms with Crippen molar-refractivity contribution >= 4 is 11.7 Å². The molecule has 0 heterocycles. The SMILES string of the molecule is COc1cccc(C(CNC(=O)Nc2ccc(F)cc2C#N)N(C)C)c1. The van der Waals surface area contributed by atoms with Crippen molar-refractivity contribution in [2.24, 2.45) is 0 Å². The third kappa shape index (κ3) is 4.94. The molecule has 1 atom stereocenters. The number of ether oxygens (including phenoxy) is 1. The molecule has 0 aliphatic rings. The summed E-state index contributed by atoms with van der Waals surface area (Å²) >= 11 is 0. The van der Waals surface area contributed by atoms with E-state index in [1.54, 1.807) is 7.11 Å². The molecule has 2 rings (SSSR count). The highest BCUT2D eigenvalue weighted by molar-refractivity contribution is 5.90. The Bertz CT molecular complexity index is 817. The molecule has 0 radical (unpaired) electrons. The van der Waals surface area contributed by atoms with Gasteiger partial charge in [-0.3, -0.25) is 0 Å². The van der Waals surface area contributed by atoms with Crippen molar-refractivity contribution in [2.45, 2.75) is 6.04 Å². The monoisotopic (exact) mass is 356 g/mol. The van der Waals surface area contributed by atoms with Gasteiger partial charge in [0.2, 0.25) is 0 Å². The van der Waals surface area contributed by atoms with E-state index in [9.17, 15) is 9.18 Å². The zero-order chi connectivity index (χ0) is 19.1. The lowest BCUT2D eigenvalue weighted by Crippen LogP contribution is -2.37. The number of nitrogens with one attached hydrogen (secondary N) is 2. The normalized spacial score (nSPS) is 11.5. The first kappa shape index (κ1) is 19.2. The molecule has 26 heavy (non-hydrogen) atoms. The van der Waals surface area contributed by atoms with Gasteiger partial charge in [0.1, 0.15) is 17.6 Å². The molecule has 2 aromatic carbocycles. The van der Waals surface area contributed by atoms with E-state index in [0.717, 1.165) is 17.4 Å². The molecule has 0 bridgehead atoms. The molecule has 6 nitrogen and oxygen atoms in total. The summed E-state index contributed by atoms with van der Waals surface area (Å²) in [5.41, 5.74) is 1.32. The van der Waals surface area contributed by atoms with Crippen molar-refractivity contribution in [3.05, 3.63) is 59.4 Å². The Morgan fingerprint density at radius 3 is 2.73 bits per heavy atom. The number of methoxy groups -OCH3 is 1. The predicted octanol–water partition coefficient (Wildman–Crippen LogP) is 3.13. The number of anilines is 1. The minimum atomic E-state index is -0.529. The van der Waals surface area contributed by atoms with Crippen molar-refractivity contribution in [3.63, 3.8) is 0 Å². The Hall–Kier alpha value is -3.11. The Balaban J connectivity index is 2.05. The van der Waals surface area contributed by atoms with Crippen molar-refractivity contribution in [3.8, 4) is 11.8 Å². The first-order valence-corrected chi connectivity index (χ1v) is 7.99. The molecule has 2 N–H and O–H groups in total. The van der Waals surface area contributed by atoms with Gasteiger partial charge in [0, 0.05) is 6.54 Å². The van der Waals surface area contributed by atoms with Crippen molar-refractivity contribution in [2.75, 3.05) is 33.1 Å². The van der Waals surface area contributed by atoms with Gasteiger partial charge in [-0.15, -0.1) is 0 Å². The van der Waals surface area contributed by atoms with Crippen LogP contribution in [0.2, 0.25) is 0 Å². The largest absolute Gasteiger partial charge is 0.497 e. The second kappa shape index (κ2) is 8.83. The van der Waals surface area contributed by atoms with Crippen LogP contribution in [0.25, 0.3) is 0 Å². The van der Waals surface area contributed by atoms with Crippen LogP contribution in [0.15, 0.2) is 42.5 Å². The third-order valence-corrected chi connectivity index (χ3v) is 3.91. The van der Waals surface area contributed by atoms with E-state index in [0.29, 0.717) is 6.54 Å². The van der Waals surface area contributed by atoms with Gasteiger partial charge >= 0.3 is 6.03 Å². The lowest BCUT2D eigenvalue weighted by Gasteiger charge is -2.25. The van der Waals surface area contributed by atoms with Gasteiger partial charge in [0.25, 0.3) is 0 Å². The quantitative estimate of drug-likeness (QED) is 0.834. The van der Waals surface area contributed by atoms with Crippen molar-refractivity contribution in [1.82, 2.24) is 10.2 Å². The van der Waals surface area contributed by atoms with Crippen LogP contribution in [-0.4, -0.2) is 38.7 Å². The van der Waals surface area contributed by atoms with E-state index in [-0.39, 0.29) is 17.3 Å². The maximum Gasteiger partial charge on any atom is 0.319 e. The van der Waals surface area contributed by atoms with Gasteiger partial charge in [-0.1, -0.05) is 12.1 Å². The van der Waals surface area contributed by atoms with E-state index in [1.807, 2.05) is 49.3 Å². The number of likely N-dealkylation sites (N-methyl/N-ethyl adjacent to an activating group) is 1. The summed E-state index contributed by atoms with van der Waals surface area (Å²) in [5.74, 6) is 0.210. The summed E-state index contributed by atoms with van der Waals surface area (Å²) in [6.45, 7) is 0.342. The van der Waals surface area contributed by atoms with E-state index in [2.05, 4.69) is 10.6 Å². The number of halogens is 1. The molecular formula is C19H21FN4O2. The van der Waals surface area contributed by atoms with Crippen LogP contribution in [0.5, 0.6) is 5.75 Å². The molecular weight excluding hydrogens is 335 g/mol. The fourth-order valence-electron chi connectivity index (χ4n) is 2.52. The zero-order valence-corrected chi connectivity index (χ0v) is 14.9. The molecule has 0 aliphatic carbocycles. The van der Waals surface area contributed by atoms with Gasteiger partial charge in [-0.2, -0.15) is 5.26 Å². The molecule has 0 fully saturated rings. The topological polar surface area (TPSA) is 77.4 Å². The van der Waals surface area contributed by atoms with Crippen LogP contribution >= 0.6 is 0 Å². The average Bonchev–Trinajstić information content (AvgIpc) is 2.63. The number of amides is 2. The minimum absolute atomic E-state index is 0.0668. The van der Waals surface area contributed by atoms with E-state index >= 15 is 0 Å². The minimum Gasteiger partial charge on any atom is -0.497 e. The van der Waals surface area contributed by atoms with E-state index in [1.165, 1.54) is 12.1 Å². The number of rotatable bonds is 6. The number of urea groups is 1. The van der Waals surface area contributed by atoms with Gasteiger partial charge in [-0.25, -0.2) is 9.18 Å². The number of hydrogen-bond acceptors (Lipinski definition) is 4. The molecule has 2 aromatic rings. The molecule has 0 saturated heterocycles. The Kier molecular flexibility index (Phi) is 6.53. The van der Waals surface area contributed by atoms with Crippen LogP contribution in [-0.2, 0) is 0 Å². The Morgan fingerprint density at radius 1 is 1.31 bits per heavy atom. The van der Waals surface area contributed by atoms with Gasteiger partial charge in [0.15, 0.2) is 0 Å². The maximum atomic E-state index is 13.2. The third-order valence-electron chi connectivity index (χ3n) is 3.91. The second-order valence-corrected chi connectivity index (χ2v) is 5.89. The number of carbonyl (C=O) groups is 1. The summed E-state index contributed by atoms with van der Waals surface area (Å²) in [4.78, 5) is 14.2. The number of nitrogens with zero attached hydrogens (tertiary/aromatic N) is 2. The highest BCUT2D eigenvalue weighted by Gasteiger charge is 2.16. The summed E-state index contributed by atoms with van der Waals surface area (Å²) < 4.78 is 18.4. The van der Waals surface area contributed by atoms with Crippen LogP contribution in [0.1, 0.15) is 17.2 Å². The Labute approximate surface area is 152 Å². The van der Waals surface area contributed by atoms with Crippen LogP contribution in [0.3, 0.4) is 0 Å². The van der Waals surface area contributed by atoms with Crippen LogP contribution < -0.4 is 15.4 Å². The van der Waals surface area contributed by atoms with Gasteiger partial charge < -0.3 is 20.3 Å². The molecule has 0 saturated carbocycles. The van der Waals surface area contributed by atoms with Crippen LogP contribution in [0, 0.1) is 17.1 Å². The van der Waals surface area contributed by atoms with Gasteiger partial charge in [-0.05, 0) is 50.0 Å². The summed E-state index contributed by atoms with van der Waals surface area (Å²) in [6.07, 6.45) is 0. The smallest absolute Gasteiger partial charge is 0.319 e. The molecule has 0 spiro atoms. The molecule has 0 aliphatic heterocycles. The first-order chi connectivity index (χ1) is 12.4. The summed E-state index contributed by atoms with van der Waals surface area (Å²) in [7, 11) is 5.43. The highest BCUT2D eigenvalue weighted by Crippen LogP contribution is 2.22. The number of benzene rings is 2. The summed E-state index contributed by atoms with van der Waals surface area (Å²) in [6, 6.07) is 12.6. The second-order valence-electron chi connectivity index (χ2n) is 5.89. The number of hydrogen-bond donors (Lipinski definition) is 2. The lowest BCUT2D eigenvalue weighted by atomic mass is 10.1. The standard InChI is InChI=1S/C19H21FN4O2/c1-24(2)18(13-5-4-6-16(10-13)26-3)12-22-19(25)23-17-8-7-15(20)9-14(17)11-21/h4-10,18H,12H2,1-3H3,(H2,22,23,25). The Morgan fingerprint density at radius 2 is 2.08 bits per heavy atom. The number of carbonyl (C=O) groups excluding carboxylic acids is 1. The number of nitriles is 1.